The number of aromatic amines is 1. The normalized spacial score (nSPS) is 13.4. The summed E-state index contributed by atoms with van der Waals surface area (Å²) in [5, 5.41) is -0.0101. The van der Waals surface area contributed by atoms with E-state index in [1.54, 1.807) is 0 Å². The first-order chi connectivity index (χ1) is 16.7. The molecular weight excluding hydrogens is 539 g/mol. The number of fused-ring (bicyclic) bond motifs is 1. The molecule has 14 heteroatoms. The van der Waals surface area contributed by atoms with Gasteiger partial charge in [-0.15, -0.1) is 0 Å². The molecular formula is C22H12ClF7N3O2S-. The predicted octanol–water partition coefficient (Wildman–Crippen LogP) is 6.61. The third kappa shape index (κ3) is 5.38. The van der Waals surface area contributed by atoms with Crippen molar-refractivity contribution in [3.63, 3.8) is 0 Å². The lowest BCUT2D eigenvalue weighted by atomic mass is 10.0. The molecule has 1 unspecified atom stereocenters. The molecule has 2 N–H and O–H groups in total. The molecule has 190 valence electrons. The van der Waals surface area contributed by atoms with Gasteiger partial charge in [0.15, 0.2) is 0 Å². The largest absolute Gasteiger partial charge is 0.760 e. The first kappa shape index (κ1) is 26.1. The summed E-state index contributed by atoms with van der Waals surface area (Å²) in [4.78, 5) is 6.32. The van der Waals surface area contributed by atoms with Crippen LogP contribution in [0.15, 0.2) is 48.5 Å². The second kappa shape index (κ2) is 9.47. The van der Waals surface area contributed by atoms with E-state index in [4.69, 9.17) is 11.6 Å². The van der Waals surface area contributed by atoms with E-state index < -0.39 is 51.6 Å². The highest BCUT2D eigenvalue weighted by Crippen LogP contribution is 2.41. The van der Waals surface area contributed by atoms with Crippen LogP contribution in [-0.4, -0.2) is 18.7 Å². The van der Waals surface area contributed by atoms with Crippen molar-refractivity contribution in [1.29, 1.82) is 0 Å². The molecule has 4 aromatic rings. The van der Waals surface area contributed by atoms with Crippen LogP contribution in [0.25, 0.3) is 33.5 Å². The molecule has 0 fully saturated rings. The first-order valence-electron chi connectivity index (χ1n) is 9.83. The second-order valence-corrected chi connectivity index (χ2v) is 8.72. The highest BCUT2D eigenvalue weighted by Gasteiger charge is 2.39. The molecule has 0 bridgehead atoms. The van der Waals surface area contributed by atoms with Gasteiger partial charge in [0, 0.05) is 28.9 Å². The highest BCUT2D eigenvalue weighted by molar-refractivity contribution is 7.77. The van der Waals surface area contributed by atoms with Crippen molar-refractivity contribution in [2.75, 3.05) is 0 Å². The van der Waals surface area contributed by atoms with Gasteiger partial charge < -0.3 is 9.54 Å². The van der Waals surface area contributed by atoms with E-state index in [2.05, 4.69) is 9.97 Å². The van der Waals surface area contributed by atoms with E-state index in [9.17, 15) is 39.5 Å². The SMILES string of the molecule is O=S([O-])NCc1ccc(-c2ccc(-c3nc4c(C(F)(F)F)cc(C(F)(F)F)cc4[nH]3)c(Cl)c2)cc1F. The van der Waals surface area contributed by atoms with Crippen LogP contribution in [0.1, 0.15) is 16.7 Å². The molecule has 0 amide bonds. The minimum Gasteiger partial charge on any atom is -0.760 e. The molecule has 5 nitrogen and oxygen atoms in total. The van der Waals surface area contributed by atoms with E-state index in [1.165, 1.54) is 30.3 Å². The number of halogens is 8. The number of hydrogen-bond acceptors (Lipinski definition) is 3. The summed E-state index contributed by atoms with van der Waals surface area (Å²) in [6.07, 6.45) is -10.1. The minimum absolute atomic E-state index is 0.000111. The molecule has 0 saturated heterocycles. The summed E-state index contributed by atoms with van der Waals surface area (Å²) in [6.45, 7) is -0.260. The maximum atomic E-state index is 14.3. The van der Waals surface area contributed by atoms with Gasteiger partial charge in [0.25, 0.3) is 0 Å². The Morgan fingerprint density at radius 3 is 2.22 bits per heavy atom. The van der Waals surface area contributed by atoms with Crippen molar-refractivity contribution in [2.24, 2.45) is 0 Å². The number of nitrogens with one attached hydrogen (secondary N) is 2. The first-order valence-corrected chi connectivity index (χ1v) is 11.3. The minimum atomic E-state index is -5.09. The number of alkyl halides is 6. The van der Waals surface area contributed by atoms with E-state index in [-0.39, 0.29) is 34.6 Å². The zero-order chi connectivity index (χ0) is 26.4. The molecule has 1 aromatic heterocycles. The fourth-order valence-corrected chi connectivity index (χ4v) is 4.06. The molecule has 3 aromatic carbocycles. The number of imidazole rings is 1. The summed E-state index contributed by atoms with van der Waals surface area (Å²) in [7, 11) is 0. The number of hydrogen-bond donors (Lipinski definition) is 2. The fourth-order valence-electron chi connectivity index (χ4n) is 3.52. The Balaban J connectivity index is 1.73. The van der Waals surface area contributed by atoms with E-state index in [1.807, 2.05) is 4.72 Å². The molecule has 4 rings (SSSR count). The summed E-state index contributed by atoms with van der Waals surface area (Å²) in [6, 6.07) is 8.78. The standard InChI is InChI=1S/C22H13ClF7N3O2S/c23-16-5-10(11-1-2-12(17(24)6-11)9-31-36(34)35)3-4-14(16)20-32-18-8-13(21(25,26)27)7-15(19(18)33-20)22(28,29)30/h1-8,31H,9H2,(H,32,33)(H,34,35)/p-1. The van der Waals surface area contributed by atoms with Gasteiger partial charge in [0.2, 0.25) is 0 Å². The van der Waals surface area contributed by atoms with Gasteiger partial charge >= 0.3 is 12.4 Å². The summed E-state index contributed by atoms with van der Waals surface area (Å²) in [5.41, 5.74) is -3.22. The van der Waals surface area contributed by atoms with Crippen molar-refractivity contribution in [2.45, 2.75) is 18.9 Å². The smallest absolute Gasteiger partial charge is 0.418 e. The van der Waals surface area contributed by atoms with E-state index in [0.717, 1.165) is 6.07 Å². The Morgan fingerprint density at radius 1 is 0.972 bits per heavy atom. The average molecular weight is 551 g/mol. The van der Waals surface area contributed by atoms with Crippen molar-refractivity contribution < 1.29 is 39.5 Å². The predicted molar refractivity (Wildman–Crippen MR) is 118 cm³/mol. The second-order valence-electron chi connectivity index (χ2n) is 7.56. The quantitative estimate of drug-likeness (QED) is 0.217. The third-order valence-electron chi connectivity index (χ3n) is 5.21. The van der Waals surface area contributed by atoms with Gasteiger partial charge in [-0.05, 0) is 41.5 Å². The lowest BCUT2D eigenvalue weighted by Gasteiger charge is -2.11. The maximum Gasteiger partial charge on any atom is 0.418 e. The van der Waals surface area contributed by atoms with Crippen molar-refractivity contribution in [1.82, 2.24) is 14.7 Å². The third-order valence-corrected chi connectivity index (χ3v) is 5.90. The Kier molecular flexibility index (Phi) is 6.86. The Hall–Kier alpha value is -3.00. The van der Waals surface area contributed by atoms with Crippen molar-refractivity contribution >= 4 is 33.9 Å². The molecule has 0 aliphatic rings. The Labute approximate surface area is 205 Å². The van der Waals surface area contributed by atoms with Gasteiger partial charge in [-0.1, -0.05) is 29.8 Å². The number of benzene rings is 3. The van der Waals surface area contributed by atoms with E-state index >= 15 is 0 Å². The molecule has 0 spiro atoms. The number of rotatable bonds is 5. The Bertz CT molecular complexity index is 1490. The lowest BCUT2D eigenvalue weighted by molar-refractivity contribution is -0.142. The monoisotopic (exact) mass is 550 g/mol. The van der Waals surface area contributed by atoms with Crippen LogP contribution >= 0.6 is 11.6 Å². The van der Waals surface area contributed by atoms with Crippen LogP contribution in [0, 0.1) is 5.82 Å². The number of nitrogens with zero attached hydrogens (tertiary/aromatic N) is 1. The summed E-state index contributed by atoms with van der Waals surface area (Å²) in [5.74, 6) is -0.882. The summed E-state index contributed by atoms with van der Waals surface area (Å²) >= 11 is 3.73. The molecule has 0 aliphatic heterocycles. The van der Waals surface area contributed by atoms with Crippen LogP contribution in [0.2, 0.25) is 5.02 Å². The van der Waals surface area contributed by atoms with Crippen molar-refractivity contribution in [3.05, 3.63) is 76.1 Å². The maximum absolute atomic E-state index is 14.3. The van der Waals surface area contributed by atoms with Crippen LogP contribution in [0.5, 0.6) is 0 Å². The number of H-pyrrole nitrogens is 1. The van der Waals surface area contributed by atoms with Crippen LogP contribution in [0.3, 0.4) is 0 Å². The van der Waals surface area contributed by atoms with Crippen LogP contribution in [-0.2, 0) is 30.2 Å². The van der Waals surface area contributed by atoms with Crippen LogP contribution < -0.4 is 4.72 Å². The van der Waals surface area contributed by atoms with Crippen LogP contribution in [0.4, 0.5) is 30.7 Å². The van der Waals surface area contributed by atoms with Gasteiger partial charge in [0.05, 0.1) is 21.7 Å². The van der Waals surface area contributed by atoms with Crippen molar-refractivity contribution in [3.8, 4) is 22.5 Å². The van der Waals surface area contributed by atoms with E-state index in [0.29, 0.717) is 17.2 Å². The Morgan fingerprint density at radius 2 is 1.64 bits per heavy atom. The highest BCUT2D eigenvalue weighted by atomic mass is 35.5. The molecule has 1 atom stereocenters. The molecule has 0 saturated carbocycles. The molecule has 0 radical (unpaired) electrons. The molecule has 36 heavy (non-hydrogen) atoms. The molecule has 0 aliphatic carbocycles. The van der Waals surface area contributed by atoms with Gasteiger partial charge in [-0.2, -0.15) is 26.3 Å². The lowest BCUT2D eigenvalue weighted by Crippen LogP contribution is -2.16. The summed E-state index contributed by atoms with van der Waals surface area (Å²) < 4.78 is 117. The average Bonchev–Trinajstić information content (AvgIpc) is 3.19. The molecule has 1 heterocycles. The topological polar surface area (TPSA) is 80.8 Å². The zero-order valence-electron chi connectivity index (χ0n) is 17.5. The fraction of sp³-hybridized carbons (Fsp3) is 0.136. The van der Waals surface area contributed by atoms with Gasteiger partial charge in [-0.3, -0.25) is 4.21 Å². The van der Waals surface area contributed by atoms with Gasteiger partial charge in [0.1, 0.15) is 17.2 Å². The number of aromatic nitrogens is 2. The zero-order valence-corrected chi connectivity index (χ0v) is 19.1. The van der Waals surface area contributed by atoms with Gasteiger partial charge in [-0.25, -0.2) is 14.1 Å².